The Morgan fingerprint density at radius 3 is 2.54 bits per heavy atom. The number of benzene rings is 2. The number of fused-ring (bicyclic) bond motifs is 1. The van der Waals surface area contributed by atoms with E-state index in [1.807, 2.05) is 54.3 Å². The number of carbonyl (C=O) groups is 3. The highest BCUT2D eigenvalue weighted by Gasteiger charge is 2.56. The smallest absolute Gasteiger partial charge is 0.256 e. The first kappa shape index (κ1) is 29.0. The zero-order valence-electron chi connectivity index (χ0n) is 22.1. The van der Waals surface area contributed by atoms with Gasteiger partial charge in [-0.25, -0.2) is 8.42 Å². The van der Waals surface area contributed by atoms with E-state index < -0.39 is 21.5 Å². The first-order valence-corrected chi connectivity index (χ1v) is 15.9. The summed E-state index contributed by atoms with van der Waals surface area (Å²) in [5.41, 5.74) is 0.372. The van der Waals surface area contributed by atoms with Crippen LogP contribution >= 0.6 is 22.9 Å². The summed E-state index contributed by atoms with van der Waals surface area (Å²) in [4.78, 5) is 43.6. The number of thiophene rings is 1. The second-order valence-electron chi connectivity index (χ2n) is 10.2. The van der Waals surface area contributed by atoms with Gasteiger partial charge >= 0.3 is 0 Å². The van der Waals surface area contributed by atoms with Crippen molar-refractivity contribution in [1.29, 1.82) is 0 Å². The first-order chi connectivity index (χ1) is 18.4. The van der Waals surface area contributed by atoms with E-state index >= 15 is 0 Å². The van der Waals surface area contributed by atoms with Gasteiger partial charge in [-0.05, 0) is 42.5 Å². The summed E-state index contributed by atoms with van der Waals surface area (Å²) >= 11 is 7.70. The molecule has 208 valence electrons. The molecule has 0 radical (unpaired) electrons. The molecule has 1 saturated heterocycles. The molecular formula is C28H32ClN3O5S2. The standard InChI is InChI=1S/C28H32ClN3O5S2/c1-19(2)28(13-15-32(28)26(34)23-18-38-24-11-5-4-10-22(23)24)27(35)31(17-20-8-6-9-21(29)16-20)14-7-12-25(33)30-39(3,36)37/h4-6,8-11,16,18-19H,7,12-15,17H2,1-3H3,(H,30,33). The van der Waals surface area contributed by atoms with Crippen LogP contribution in [0.1, 0.15) is 49.0 Å². The number of sulfonamides is 1. The molecule has 0 saturated carbocycles. The Hall–Kier alpha value is -2.95. The van der Waals surface area contributed by atoms with E-state index in [2.05, 4.69) is 0 Å². The third-order valence-corrected chi connectivity index (χ3v) is 8.96. The Labute approximate surface area is 238 Å². The summed E-state index contributed by atoms with van der Waals surface area (Å²) in [6, 6.07) is 14.9. The summed E-state index contributed by atoms with van der Waals surface area (Å²) in [5.74, 6) is -1.16. The number of halogens is 1. The maximum Gasteiger partial charge on any atom is 0.256 e. The van der Waals surface area contributed by atoms with Gasteiger partial charge in [0, 0.05) is 46.5 Å². The minimum Gasteiger partial charge on any atom is -0.336 e. The highest BCUT2D eigenvalue weighted by Crippen LogP contribution is 2.42. The lowest BCUT2D eigenvalue weighted by molar-refractivity contribution is -0.156. The molecule has 1 aliphatic rings. The molecule has 1 aliphatic heterocycles. The van der Waals surface area contributed by atoms with Crippen LogP contribution in [-0.4, -0.2) is 60.8 Å². The van der Waals surface area contributed by atoms with Crippen LogP contribution in [0.3, 0.4) is 0 Å². The molecule has 2 heterocycles. The van der Waals surface area contributed by atoms with E-state index in [9.17, 15) is 22.8 Å². The van der Waals surface area contributed by atoms with Crippen molar-refractivity contribution in [1.82, 2.24) is 14.5 Å². The maximum absolute atomic E-state index is 14.3. The highest BCUT2D eigenvalue weighted by molar-refractivity contribution is 7.89. The molecule has 1 aromatic heterocycles. The van der Waals surface area contributed by atoms with Crippen molar-refractivity contribution in [3.05, 3.63) is 70.1 Å². The van der Waals surface area contributed by atoms with Crippen molar-refractivity contribution in [2.75, 3.05) is 19.3 Å². The molecule has 1 N–H and O–H groups in total. The minimum absolute atomic E-state index is 0.0649. The Morgan fingerprint density at radius 2 is 1.90 bits per heavy atom. The molecule has 1 fully saturated rings. The lowest BCUT2D eigenvalue weighted by Gasteiger charge is -2.55. The predicted octanol–water partition coefficient (Wildman–Crippen LogP) is 4.68. The van der Waals surface area contributed by atoms with Crippen LogP contribution in [0.4, 0.5) is 0 Å². The fourth-order valence-electron chi connectivity index (χ4n) is 5.18. The summed E-state index contributed by atoms with van der Waals surface area (Å²) in [6.07, 6.45) is 1.64. The number of nitrogens with zero attached hydrogens (tertiary/aromatic N) is 2. The van der Waals surface area contributed by atoms with E-state index in [1.165, 1.54) is 11.3 Å². The largest absolute Gasteiger partial charge is 0.336 e. The molecular weight excluding hydrogens is 558 g/mol. The van der Waals surface area contributed by atoms with E-state index in [1.54, 1.807) is 28.0 Å². The van der Waals surface area contributed by atoms with Gasteiger partial charge in [-0.1, -0.05) is 55.8 Å². The third kappa shape index (κ3) is 6.28. The van der Waals surface area contributed by atoms with Gasteiger partial charge in [0.25, 0.3) is 5.91 Å². The number of hydrogen-bond acceptors (Lipinski definition) is 6. The van der Waals surface area contributed by atoms with Crippen LogP contribution in [0.2, 0.25) is 5.02 Å². The average molecular weight is 590 g/mol. The lowest BCUT2D eigenvalue weighted by atomic mass is 9.73. The number of carbonyl (C=O) groups excluding carboxylic acids is 3. The van der Waals surface area contributed by atoms with Crippen molar-refractivity contribution in [2.24, 2.45) is 5.92 Å². The van der Waals surface area contributed by atoms with Crippen LogP contribution < -0.4 is 4.72 Å². The molecule has 1 unspecified atom stereocenters. The maximum atomic E-state index is 14.3. The van der Waals surface area contributed by atoms with Gasteiger partial charge in [0.15, 0.2) is 0 Å². The number of rotatable bonds is 10. The quantitative estimate of drug-likeness (QED) is 0.370. The number of hydrogen-bond donors (Lipinski definition) is 1. The van der Waals surface area contributed by atoms with Crippen LogP contribution in [0, 0.1) is 5.92 Å². The van der Waals surface area contributed by atoms with Crippen LogP contribution in [-0.2, 0) is 26.2 Å². The van der Waals surface area contributed by atoms with Gasteiger partial charge in [0.05, 0.1) is 11.8 Å². The number of likely N-dealkylation sites (tertiary alicyclic amines) is 1. The van der Waals surface area contributed by atoms with Crippen LogP contribution in [0.25, 0.3) is 10.1 Å². The number of amides is 3. The molecule has 3 amide bonds. The minimum atomic E-state index is -3.67. The Bertz CT molecular complexity index is 1500. The van der Waals surface area contributed by atoms with E-state index in [0.717, 1.165) is 21.9 Å². The van der Waals surface area contributed by atoms with Gasteiger partial charge in [0.1, 0.15) is 5.54 Å². The molecule has 2 aromatic carbocycles. The summed E-state index contributed by atoms with van der Waals surface area (Å²) in [6.45, 7) is 4.81. The van der Waals surface area contributed by atoms with E-state index in [0.29, 0.717) is 23.6 Å². The summed E-state index contributed by atoms with van der Waals surface area (Å²) < 4.78 is 25.8. The summed E-state index contributed by atoms with van der Waals surface area (Å²) in [5, 5.41) is 3.26. The molecule has 0 spiro atoms. The SMILES string of the molecule is CC(C)C1(C(=O)N(CCCC(=O)NS(C)(=O)=O)Cc2cccc(Cl)c2)CCN1C(=O)c1csc2ccccc12. The number of nitrogens with one attached hydrogen (secondary N) is 1. The topological polar surface area (TPSA) is 104 Å². The van der Waals surface area contributed by atoms with Crippen molar-refractivity contribution < 1.29 is 22.8 Å². The first-order valence-electron chi connectivity index (χ1n) is 12.7. The van der Waals surface area contributed by atoms with E-state index in [4.69, 9.17) is 11.6 Å². The molecule has 0 aliphatic carbocycles. The molecule has 8 nitrogen and oxygen atoms in total. The lowest BCUT2D eigenvalue weighted by Crippen LogP contribution is -2.71. The zero-order valence-corrected chi connectivity index (χ0v) is 24.5. The fourth-order valence-corrected chi connectivity index (χ4v) is 6.84. The average Bonchev–Trinajstić information content (AvgIpc) is 3.26. The van der Waals surface area contributed by atoms with Crippen molar-refractivity contribution in [3.63, 3.8) is 0 Å². The zero-order chi connectivity index (χ0) is 28.4. The normalized spacial score (nSPS) is 17.2. The van der Waals surface area contributed by atoms with Gasteiger partial charge in [0.2, 0.25) is 21.8 Å². The van der Waals surface area contributed by atoms with Gasteiger partial charge < -0.3 is 9.80 Å². The molecule has 4 rings (SSSR count). The van der Waals surface area contributed by atoms with Gasteiger partial charge in [-0.2, -0.15) is 0 Å². The molecule has 0 bridgehead atoms. The second-order valence-corrected chi connectivity index (χ2v) is 13.3. The van der Waals surface area contributed by atoms with Crippen molar-refractivity contribution in [2.45, 2.75) is 45.2 Å². The van der Waals surface area contributed by atoms with E-state index in [-0.39, 0.29) is 43.7 Å². The molecule has 1 atom stereocenters. The third-order valence-electron chi connectivity index (χ3n) is 7.16. The Morgan fingerprint density at radius 1 is 1.15 bits per heavy atom. The van der Waals surface area contributed by atoms with Crippen LogP contribution in [0.5, 0.6) is 0 Å². The monoisotopic (exact) mass is 589 g/mol. The van der Waals surface area contributed by atoms with Gasteiger partial charge in [-0.3, -0.25) is 19.1 Å². The van der Waals surface area contributed by atoms with Crippen LogP contribution in [0.15, 0.2) is 53.9 Å². The van der Waals surface area contributed by atoms with Crippen molar-refractivity contribution in [3.8, 4) is 0 Å². The van der Waals surface area contributed by atoms with Crippen molar-refractivity contribution >= 4 is 60.8 Å². The molecule has 11 heteroatoms. The fraction of sp³-hybridized carbons (Fsp3) is 0.393. The Kier molecular flexibility index (Phi) is 8.68. The molecule has 3 aromatic rings. The Balaban J connectivity index is 1.61. The summed E-state index contributed by atoms with van der Waals surface area (Å²) in [7, 11) is -3.67. The predicted molar refractivity (Wildman–Crippen MR) is 154 cm³/mol. The second kappa shape index (κ2) is 11.7. The highest BCUT2D eigenvalue weighted by atomic mass is 35.5. The van der Waals surface area contributed by atoms with Gasteiger partial charge in [-0.15, -0.1) is 11.3 Å². The molecule has 39 heavy (non-hydrogen) atoms.